The second kappa shape index (κ2) is 10.3. The predicted molar refractivity (Wildman–Crippen MR) is 103 cm³/mol. The Morgan fingerprint density at radius 2 is 2.00 bits per heavy atom. The molecule has 10 heteroatoms. The molecule has 0 radical (unpaired) electrons. The van der Waals surface area contributed by atoms with Gasteiger partial charge in [0.05, 0.1) is 6.26 Å². The van der Waals surface area contributed by atoms with Crippen molar-refractivity contribution in [1.82, 2.24) is 19.8 Å². The average molecular weight is 461 g/mol. The van der Waals surface area contributed by atoms with Crippen LogP contribution >= 0.6 is 24.0 Å². The minimum atomic E-state index is -3.18. The summed E-state index contributed by atoms with van der Waals surface area (Å²) in [7, 11) is 0.186. The van der Waals surface area contributed by atoms with Crippen LogP contribution in [0.2, 0.25) is 0 Å². The van der Waals surface area contributed by atoms with Crippen LogP contribution in [0.25, 0.3) is 0 Å². The zero-order valence-electron chi connectivity index (χ0n) is 14.2. The molecule has 0 bridgehead atoms. The molecule has 23 heavy (non-hydrogen) atoms. The molecule has 1 fully saturated rings. The van der Waals surface area contributed by atoms with Crippen LogP contribution < -0.4 is 10.6 Å². The fourth-order valence-electron chi connectivity index (χ4n) is 2.29. The van der Waals surface area contributed by atoms with E-state index in [0.29, 0.717) is 25.6 Å². The van der Waals surface area contributed by atoms with E-state index in [1.807, 2.05) is 6.92 Å². The Balaban J connectivity index is 0.00000484. The van der Waals surface area contributed by atoms with E-state index in [9.17, 15) is 13.2 Å². The van der Waals surface area contributed by atoms with Crippen molar-refractivity contribution in [2.45, 2.75) is 25.8 Å². The lowest BCUT2D eigenvalue weighted by molar-refractivity contribution is -0.127. The third kappa shape index (κ3) is 7.66. The smallest absolute Gasteiger partial charge is 0.243 e. The van der Waals surface area contributed by atoms with E-state index in [0.717, 1.165) is 12.8 Å². The lowest BCUT2D eigenvalue weighted by atomic mass is 10.2. The topological polar surface area (TPSA) is 94.1 Å². The van der Waals surface area contributed by atoms with Crippen LogP contribution in [-0.2, 0) is 14.8 Å². The van der Waals surface area contributed by atoms with Crippen molar-refractivity contribution in [1.29, 1.82) is 0 Å². The number of sulfonamides is 1. The summed E-state index contributed by atoms with van der Waals surface area (Å²) in [6.45, 7) is 3.71. The van der Waals surface area contributed by atoms with Gasteiger partial charge in [0.25, 0.3) is 0 Å². The van der Waals surface area contributed by atoms with E-state index >= 15 is 0 Å². The van der Waals surface area contributed by atoms with Crippen molar-refractivity contribution in [3.05, 3.63) is 0 Å². The van der Waals surface area contributed by atoms with Crippen molar-refractivity contribution in [3.8, 4) is 0 Å². The summed E-state index contributed by atoms with van der Waals surface area (Å²) in [5.74, 6) is 0.439. The third-order valence-corrected chi connectivity index (χ3v) is 4.80. The van der Waals surface area contributed by atoms with Crippen molar-refractivity contribution in [3.63, 3.8) is 0 Å². The maximum atomic E-state index is 11.7. The summed E-state index contributed by atoms with van der Waals surface area (Å²) in [5.41, 5.74) is 0. The van der Waals surface area contributed by atoms with Gasteiger partial charge in [-0.3, -0.25) is 4.79 Å². The minimum absolute atomic E-state index is 0. The largest absolute Gasteiger partial charge is 0.357 e. The van der Waals surface area contributed by atoms with E-state index in [1.54, 1.807) is 14.1 Å². The van der Waals surface area contributed by atoms with E-state index in [2.05, 4.69) is 15.6 Å². The first-order valence-corrected chi connectivity index (χ1v) is 9.29. The van der Waals surface area contributed by atoms with Gasteiger partial charge in [-0.1, -0.05) is 0 Å². The Morgan fingerprint density at radius 3 is 2.52 bits per heavy atom. The van der Waals surface area contributed by atoms with E-state index in [1.165, 1.54) is 15.5 Å². The quantitative estimate of drug-likeness (QED) is 0.321. The first kappa shape index (κ1) is 22.4. The number of halogens is 1. The van der Waals surface area contributed by atoms with Gasteiger partial charge in [0.1, 0.15) is 6.54 Å². The molecule has 136 valence electrons. The molecule has 1 atom stereocenters. The Labute approximate surface area is 156 Å². The average Bonchev–Trinajstić information content (AvgIpc) is 2.89. The molecule has 0 aromatic carbocycles. The number of rotatable bonds is 6. The van der Waals surface area contributed by atoms with Gasteiger partial charge in [0.15, 0.2) is 5.96 Å². The first-order valence-electron chi connectivity index (χ1n) is 7.44. The van der Waals surface area contributed by atoms with Crippen LogP contribution in [0.5, 0.6) is 0 Å². The first-order chi connectivity index (χ1) is 10.3. The van der Waals surface area contributed by atoms with Crippen LogP contribution in [0.15, 0.2) is 4.99 Å². The number of carbonyl (C=O) groups excluding carboxylic acids is 1. The van der Waals surface area contributed by atoms with Crippen molar-refractivity contribution >= 4 is 45.9 Å². The Bertz CT molecular complexity index is 510. The molecule has 0 saturated carbocycles. The fourth-order valence-corrected chi connectivity index (χ4v) is 3.48. The number of guanidine groups is 1. The van der Waals surface area contributed by atoms with Crippen LogP contribution in [0, 0.1) is 0 Å². The molecule has 1 amide bonds. The molecular weight excluding hydrogens is 433 g/mol. The SMILES string of the molecule is CCNC(=NCC(=O)N(C)C)NC[C@H]1CCCN1S(C)(=O)=O.I. The maximum Gasteiger partial charge on any atom is 0.243 e. The second-order valence-electron chi connectivity index (χ2n) is 5.53. The number of amides is 1. The van der Waals surface area contributed by atoms with Crippen molar-refractivity contribution in [2.75, 3.05) is 46.5 Å². The highest BCUT2D eigenvalue weighted by molar-refractivity contribution is 14.0. The number of hydrogen-bond acceptors (Lipinski definition) is 4. The van der Waals surface area contributed by atoms with Crippen molar-refractivity contribution in [2.24, 2.45) is 4.99 Å². The summed E-state index contributed by atoms with van der Waals surface area (Å²) >= 11 is 0. The highest BCUT2D eigenvalue weighted by Crippen LogP contribution is 2.19. The molecule has 0 aromatic heterocycles. The summed E-state index contributed by atoms with van der Waals surface area (Å²) in [5, 5.41) is 6.18. The predicted octanol–water partition coefficient (Wildman–Crippen LogP) is -0.328. The lowest BCUT2D eigenvalue weighted by Crippen LogP contribution is -2.46. The van der Waals surface area contributed by atoms with Crippen LogP contribution in [0.4, 0.5) is 0 Å². The normalized spacial score (nSPS) is 19.1. The maximum absolute atomic E-state index is 11.7. The van der Waals surface area contributed by atoms with E-state index < -0.39 is 10.0 Å². The van der Waals surface area contributed by atoms with E-state index in [4.69, 9.17) is 0 Å². The molecule has 1 heterocycles. The molecule has 1 aliphatic heterocycles. The molecule has 0 unspecified atom stereocenters. The van der Waals surface area contributed by atoms with Crippen LogP contribution in [0.3, 0.4) is 0 Å². The number of carbonyl (C=O) groups is 1. The summed E-state index contributed by atoms with van der Waals surface area (Å²) in [6.07, 6.45) is 2.93. The van der Waals surface area contributed by atoms with Gasteiger partial charge in [0, 0.05) is 39.8 Å². The monoisotopic (exact) mass is 461 g/mol. The van der Waals surface area contributed by atoms with Crippen molar-refractivity contribution < 1.29 is 13.2 Å². The number of hydrogen-bond donors (Lipinski definition) is 2. The van der Waals surface area contributed by atoms with Crippen LogP contribution in [0.1, 0.15) is 19.8 Å². The summed E-state index contributed by atoms with van der Waals surface area (Å²) in [4.78, 5) is 17.3. The van der Waals surface area contributed by atoms with Gasteiger partial charge >= 0.3 is 0 Å². The zero-order chi connectivity index (χ0) is 16.8. The van der Waals surface area contributed by atoms with Gasteiger partial charge in [-0.25, -0.2) is 13.4 Å². The second-order valence-corrected chi connectivity index (χ2v) is 7.47. The Morgan fingerprint density at radius 1 is 1.35 bits per heavy atom. The molecule has 0 aliphatic carbocycles. The van der Waals surface area contributed by atoms with E-state index in [-0.39, 0.29) is 42.5 Å². The molecule has 1 rings (SSSR count). The minimum Gasteiger partial charge on any atom is -0.357 e. The highest BCUT2D eigenvalue weighted by Gasteiger charge is 2.31. The molecule has 8 nitrogen and oxygen atoms in total. The Hall–Kier alpha value is -0.620. The van der Waals surface area contributed by atoms with Crippen LogP contribution in [-0.4, -0.2) is 82.1 Å². The number of nitrogens with one attached hydrogen (secondary N) is 2. The highest BCUT2D eigenvalue weighted by atomic mass is 127. The van der Waals surface area contributed by atoms with Gasteiger partial charge < -0.3 is 15.5 Å². The summed E-state index contributed by atoms with van der Waals surface area (Å²) < 4.78 is 24.9. The standard InChI is InChI=1S/C13H27N5O3S.HI/c1-5-14-13(16-10-12(19)17(2)3)15-9-11-7-6-8-18(11)22(4,20)21;/h11H,5-10H2,1-4H3,(H2,14,15,16);1H/t11-;/m1./s1. The molecular formula is C13H28IN5O3S. The molecule has 0 spiro atoms. The number of nitrogens with zero attached hydrogens (tertiary/aromatic N) is 3. The molecule has 2 N–H and O–H groups in total. The molecule has 1 saturated heterocycles. The Kier molecular flexibility index (Phi) is 10.0. The number of aliphatic imine (C=N–C) groups is 1. The van der Waals surface area contributed by atoms with Gasteiger partial charge in [-0.05, 0) is 19.8 Å². The summed E-state index contributed by atoms with van der Waals surface area (Å²) in [6, 6.07) is -0.0663. The fraction of sp³-hybridized carbons (Fsp3) is 0.846. The lowest BCUT2D eigenvalue weighted by Gasteiger charge is -2.23. The van der Waals surface area contributed by atoms with Gasteiger partial charge in [0.2, 0.25) is 15.9 Å². The number of likely N-dealkylation sites (N-methyl/N-ethyl adjacent to an activating group) is 1. The zero-order valence-corrected chi connectivity index (χ0v) is 17.3. The third-order valence-electron chi connectivity index (χ3n) is 3.47. The van der Waals surface area contributed by atoms with Gasteiger partial charge in [-0.15, -0.1) is 24.0 Å². The molecule has 0 aromatic rings. The molecule has 1 aliphatic rings. The van der Waals surface area contributed by atoms with Gasteiger partial charge in [-0.2, -0.15) is 4.31 Å².